The minimum Gasteiger partial charge on any atom is -0.454 e. The molecule has 9 nitrogen and oxygen atoms in total. The zero-order valence-electron chi connectivity index (χ0n) is 16.1. The first-order valence-corrected chi connectivity index (χ1v) is 9.18. The maximum Gasteiger partial charge on any atom is 0.250 e. The molecular weight excluding hydrogens is 390 g/mol. The van der Waals surface area contributed by atoms with E-state index in [4.69, 9.17) is 18.7 Å². The highest BCUT2D eigenvalue weighted by Gasteiger charge is 2.16. The van der Waals surface area contributed by atoms with Crippen LogP contribution in [0.4, 0.5) is 11.4 Å². The van der Waals surface area contributed by atoms with Crippen molar-refractivity contribution in [3.05, 3.63) is 54.2 Å². The second-order valence-electron chi connectivity index (χ2n) is 6.55. The fraction of sp³-hybridized carbons (Fsp3) is 0.190. The molecule has 0 saturated heterocycles. The smallest absolute Gasteiger partial charge is 0.250 e. The number of nitrogens with one attached hydrogen (secondary N) is 2. The molecular formula is C21H19N3O6. The lowest BCUT2D eigenvalue weighted by Gasteiger charge is -2.07. The molecule has 1 aliphatic rings. The number of ether oxygens (including phenoxy) is 3. The quantitative estimate of drug-likeness (QED) is 0.616. The van der Waals surface area contributed by atoms with Gasteiger partial charge in [-0.3, -0.25) is 9.59 Å². The first kappa shape index (κ1) is 19.5. The first-order chi connectivity index (χ1) is 14.6. The Morgan fingerprint density at radius 1 is 1.00 bits per heavy atom. The summed E-state index contributed by atoms with van der Waals surface area (Å²) in [4.78, 5) is 23.0. The summed E-state index contributed by atoms with van der Waals surface area (Å²) in [7, 11) is 0. The van der Waals surface area contributed by atoms with E-state index >= 15 is 0 Å². The molecule has 0 radical (unpaired) electrons. The fourth-order valence-electron chi connectivity index (χ4n) is 2.85. The second-order valence-corrected chi connectivity index (χ2v) is 6.55. The molecule has 4 rings (SSSR count). The predicted octanol–water partition coefficient (Wildman–Crippen LogP) is 3.18. The van der Waals surface area contributed by atoms with Crippen LogP contribution in [0.1, 0.15) is 12.6 Å². The summed E-state index contributed by atoms with van der Waals surface area (Å²) in [5, 5.41) is 9.34. The molecule has 0 fully saturated rings. The van der Waals surface area contributed by atoms with Gasteiger partial charge in [-0.15, -0.1) is 0 Å². The van der Waals surface area contributed by atoms with Gasteiger partial charge in [0.2, 0.25) is 18.6 Å². The van der Waals surface area contributed by atoms with Gasteiger partial charge in [0.15, 0.2) is 17.3 Å². The summed E-state index contributed by atoms with van der Waals surface area (Å²) in [5.74, 6) is 1.45. The van der Waals surface area contributed by atoms with Crippen molar-refractivity contribution in [1.82, 2.24) is 5.16 Å². The Hall–Kier alpha value is -3.85. The number of fused-ring (bicyclic) bond motifs is 1. The number of hydrogen-bond donors (Lipinski definition) is 2. The van der Waals surface area contributed by atoms with Crippen molar-refractivity contribution in [2.24, 2.45) is 0 Å². The zero-order chi connectivity index (χ0) is 20.9. The predicted molar refractivity (Wildman–Crippen MR) is 107 cm³/mol. The zero-order valence-corrected chi connectivity index (χ0v) is 16.1. The summed E-state index contributed by atoms with van der Waals surface area (Å²) < 4.78 is 21.4. The van der Waals surface area contributed by atoms with Crippen LogP contribution in [-0.2, 0) is 20.9 Å². The largest absolute Gasteiger partial charge is 0.454 e. The topological polar surface area (TPSA) is 112 Å². The van der Waals surface area contributed by atoms with Crippen molar-refractivity contribution in [3.8, 4) is 22.8 Å². The molecule has 3 aromatic rings. The number of aromatic nitrogens is 1. The number of hydrogen-bond acceptors (Lipinski definition) is 7. The normalized spacial score (nSPS) is 11.9. The maximum atomic E-state index is 12.0. The van der Waals surface area contributed by atoms with Crippen molar-refractivity contribution in [2.75, 3.05) is 24.0 Å². The molecule has 2 aromatic carbocycles. The molecule has 2 amide bonds. The van der Waals surface area contributed by atoms with Crippen LogP contribution in [-0.4, -0.2) is 30.4 Å². The van der Waals surface area contributed by atoms with Gasteiger partial charge < -0.3 is 29.4 Å². The van der Waals surface area contributed by atoms with E-state index in [1.165, 1.54) is 6.92 Å². The van der Waals surface area contributed by atoms with Gasteiger partial charge in [-0.2, -0.15) is 0 Å². The van der Waals surface area contributed by atoms with E-state index in [1.54, 1.807) is 30.3 Å². The van der Waals surface area contributed by atoms with Crippen molar-refractivity contribution in [2.45, 2.75) is 13.5 Å². The van der Waals surface area contributed by atoms with Crippen molar-refractivity contribution in [3.63, 3.8) is 0 Å². The van der Waals surface area contributed by atoms with E-state index < -0.39 is 0 Å². The van der Waals surface area contributed by atoms with Gasteiger partial charge >= 0.3 is 0 Å². The summed E-state index contributed by atoms with van der Waals surface area (Å²) in [6.45, 7) is 1.62. The van der Waals surface area contributed by atoms with E-state index in [-0.39, 0.29) is 31.8 Å². The Morgan fingerprint density at radius 3 is 2.50 bits per heavy atom. The number of anilines is 2. The van der Waals surface area contributed by atoms with E-state index in [9.17, 15) is 9.59 Å². The number of carbonyl (C=O) groups is 2. The summed E-state index contributed by atoms with van der Waals surface area (Å²) >= 11 is 0. The Bertz CT molecular complexity index is 1060. The SMILES string of the molecule is CC(=O)Nc1ccc(NC(=O)COCc2cc(-c3ccc4c(c3)OCO4)on2)cc1. The fourth-order valence-corrected chi connectivity index (χ4v) is 2.85. The van der Waals surface area contributed by atoms with Gasteiger partial charge in [0.05, 0.1) is 6.61 Å². The molecule has 0 spiro atoms. The standard InChI is InChI=1S/C21H19N3O6/c1-13(25)22-15-3-5-16(6-4-15)23-21(26)11-27-10-17-9-19(30-24-17)14-2-7-18-20(8-14)29-12-28-18/h2-9H,10-12H2,1H3,(H,22,25)(H,23,26). The van der Waals surface area contributed by atoms with E-state index in [2.05, 4.69) is 15.8 Å². The van der Waals surface area contributed by atoms with Crippen LogP contribution >= 0.6 is 0 Å². The van der Waals surface area contributed by atoms with Crippen molar-refractivity contribution >= 4 is 23.2 Å². The molecule has 9 heteroatoms. The monoisotopic (exact) mass is 409 g/mol. The van der Waals surface area contributed by atoms with Gasteiger partial charge in [-0.25, -0.2) is 0 Å². The van der Waals surface area contributed by atoms with Crippen molar-refractivity contribution < 1.29 is 28.3 Å². The molecule has 2 N–H and O–H groups in total. The summed E-state index contributed by atoms with van der Waals surface area (Å²) in [6, 6.07) is 14.0. The van der Waals surface area contributed by atoms with Gasteiger partial charge in [-0.05, 0) is 42.5 Å². The van der Waals surface area contributed by atoms with Crippen LogP contribution in [0.3, 0.4) is 0 Å². The molecule has 0 bridgehead atoms. The maximum absolute atomic E-state index is 12.0. The molecule has 1 aromatic heterocycles. The number of carbonyl (C=O) groups excluding carboxylic acids is 2. The number of nitrogens with zero attached hydrogens (tertiary/aromatic N) is 1. The molecule has 154 valence electrons. The highest BCUT2D eigenvalue weighted by Crippen LogP contribution is 2.36. The number of benzene rings is 2. The van der Waals surface area contributed by atoms with Crippen LogP contribution in [0.5, 0.6) is 11.5 Å². The third-order valence-corrected chi connectivity index (χ3v) is 4.19. The number of amides is 2. The van der Waals surface area contributed by atoms with Gasteiger partial charge in [0.25, 0.3) is 0 Å². The minimum absolute atomic E-state index is 0.128. The van der Waals surface area contributed by atoms with Crippen molar-refractivity contribution in [1.29, 1.82) is 0 Å². The van der Waals surface area contributed by atoms with E-state index in [0.29, 0.717) is 34.3 Å². The molecule has 0 saturated carbocycles. The average Bonchev–Trinajstić information content (AvgIpc) is 3.38. The minimum atomic E-state index is -0.304. The lowest BCUT2D eigenvalue weighted by Crippen LogP contribution is -2.18. The summed E-state index contributed by atoms with van der Waals surface area (Å²) in [5.41, 5.74) is 2.62. The van der Waals surface area contributed by atoms with Crippen LogP contribution in [0.25, 0.3) is 11.3 Å². The molecule has 2 heterocycles. The van der Waals surface area contributed by atoms with Gasteiger partial charge in [-0.1, -0.05) is 5.16 Å². The van der Waals surface area contributed by atoms with Crippen LogP contribution < -0.4 is 20.1 Å². The highest BCUT2D eigenvalue weighted by molar-refractivity contribution is 5.92. The lowest BCUT2D eigenvalue weighted by molar-refractivity contribution is -0.121. The average molecular weight is 409 g/mol. The van der Waals surface area contributed by atoms with E-state index in [1.807, 2.05) is 18.2 Å². The third-order valence-electron chi connectivity index (χ3n) is 4.19. The third kappa shape index (κ3) is 4.76. The highest BCUT2D eigenvalue weighted by atomic mass is 16.7. The molecule has 0 aliphatic carbocycles. The van der Waals surface area contributed by atoms with Crippen LogP contribution in [0, 0.1) is 0 Å². The van der Waals surface area contributed by atoms with E-state index in [0.717, 1.165) is 5.56 Å². The lowest BCUT2D eigenvalue weighted by atomic mass is 10.1. The second kappa shape index (κ2) is 8.66. The Kier molecular flexibility index (Phi) is 5.62. The molecule has 30 heavy (non-hydrogen) atoms. The molecule has 0 atom stereocenters. The number of rotatable bonds is 7. The van der Waals surface area contributed by atoms with Gasteiger partial charge in [0, 0.05) is 29.9 Å². The molecule has 0 unspecified atom stereocenters. The van der Waals surface area contributed by atoms with Crippen LogP contribution in [0.15, 0.2) is 53.1 Å². The summed E-state index contributed by atoms with van der Waals surface area (Å²) in [6.07, 6.45) is 0. The van der Waals surface area contributed by atoms with Crippen LogP contribution in [0.2, 0.25) is 0 Å². The molecule has 1 aliphatic heterocycles. The Labute approximate surface area is 171 Å². The first-order valence-electron chi connectivity index (χ1n) is 9.18. The van der Waals surface area contributed by atoms with Gasteiger partial charge in [0.1, 0.15) is 12.3 Å². The Balaban J connectivity index is 1.25. The Morgan fingerprint density at radius 2 is 1.73 bits per heavy atom.